The van der Waals surface area contributed by atoms with Crippen LogP contribution in [0.3, 0.4) is 0 Å². The molecule has 1 aromatic rings. The zero-order chi connectivity index (χ0) is 18.8. The van der Waals surface area contributed by atoms with Crippen molar-refractivity contribution in [1.82, 2.24) is 0 Å². The van der Waals surface area contributed by atoms with Gasteiger partial charge in [-0.15, -0.1) is 0 Å². The predicted molar refractivity (Wildman–Crippen MR) is 112 cm³/mol. The number of allylic oxidation sites excluding steroid dienone is 5. The van der Waals surface area contributed by atoms with Gasteiger partial charge in [-0.3, -0.25) is 0 Å². The number of hydrogen-bond acceptors (Lipinski definition) is 1. The second-order valence-electron chi connectivity index (χ2n) is 7.42. The molecule has 0 aromatic heterocycles. The van der Waals surface area contributed by atoms with E-state index in [0.717, 1.165) is 42.4 Å². The van der Waals surface area contributed by atoms with Gasteiger partial charge in [0.25, 0.3) is 0 Å². The summed E-state index contributed by atoms with van der Waals surface area (Å²) >= 11 is 0. The number of phenolic OH excluding ortho intramolecular Hbond substituents is 1. The van der Waals surface area contributed by atoms with Crippen LogP contribution in [-0.4, -0.2) is 5.11 Å². The molecular formula is C24H36O. The first-order chi connectivity index (χ1) is 11.9. The summed E-state index contributed by atoms with van der Waals surface area (Å²) in [5.41, 5.74) is 6.89. The first-order valence-corrected chi connectivity index (χ1v) is 9.65. The van der Waals surface area contributed by atoms with Gasteiger partial charge in [-0.1, -0.05) is 61.8 Å². The molecule has 1 rings (SSSR count). The number of hydrogen-bond donors (Lipinski definition) is 1. The molecule has 0 unspecified atom stereocenters. The minimum absolute atomic E-state index is 0.426. The molecule has 1 N–H and O–H groups in total. The van der Waals surface area contributed by atoms with E-state index in [4.69, 9.17) is 0 Å². The fourth-order valence-electron chi connectivity index (χ4n) is 3.07. The van der Waals surface area contributed by atoms with Crippen molar-refractivity contribution in [2.75, 3.05) is 0 Å². The van der Waals surface area contributed by atoms with Crippen LogP contribution in [0.15, 0.2) is 42.0 Å². The molecule has 0 heterocycles. The third-order valence-corrected chi connectivity index (χ3v) is 4.59. The first kappa shape index (κ1) is 21.3. The number of unbranched alkanes of at least 4 members (excludes halogenated alkanes) is 2. The topological polar surface area (TPSA) is 20.2 Å². The van der Waals surface area contributed by atoms with Crippen LogP contribution in [0.25, 0.3) is 5.57 Å². The number of benzene rings is 1. The van der Waals surface area contributed by atoms with Crippen molar-refractivity contribution in [2.24, 2.45) is 0 Å². The maximum atomic E-state index is 10.8. The smallest absolute Gasteiger partial charge is 0.126 e. The van der Waals surface area contributed by atoms with Crippen LogP contribution < -0.4 is 0 Å². The molecule has 0 saturated heterocycles. The Balaban J connectivity index is 2.88. The van der Waals surface area contributed by atoms with Gasteiger partial charge in [0, 0.05) is 5.56 Å². The average molecular weight is 341 g/mol. The second kappa shape index (κ2) is 11.0. The molecule has 25 heavy (non-hydrogen) atoms. The molecule has 1 aromatic carbocycles. The first-order valence-electron chi connectivity index (χ1n) is 9.65. The van der Waals surface area contributed by atoms with Gasteiger partial charge in [-0.05, 0) is 76.5 Å². The van der Waals surface area contributed by atoms with Crippen LogP contribution in [0.4, 0.5) is 0 Å². The summed E-state index contributed by atoms with van der Waals surface area (Å²) in [4.78, 5) is 0. The summed E-state index contributed by atoms with van der Waals surface area (Å²) in [7, 11) is 0. The summed E-state index contributed by atoms with van der Waals surface area (Å²) in [5, 5.41) is 10.8. The van der Waals surface area contributed by atoms with E-state index >= 15 is 0 Å². The molecule has 0 aliphatic heterocycles. The van der Waals surface area contributed by atoms with Crippen molar-refractivity contribution in [3.05, 3.63) is 58.7 Å². The van der Waals surface area contributed by atoms with Crippen LogP contribution >= 0.6 is 0 Å². The van der Waals surface area contributed by atoms with Crippen LogP contribution in [0.1, 0.15) is 83.4 Å². The summed E-state index contributed by atoms with van der Waals surface area (Å²) < 4.78 is 0. The highest BCUT2D eigenvalue weighted by molar-refractivity contribution is 5.71. The quantitative estimate of drug-likeness (QED) is 0.347. The molecule has 1 heteroatoms. The SMILES string of the molecule is C=C(C)c1c(CCCCC)ccc(C/C=C(\C)CCC=C(C)C)c1O. The summed E-state index contributed by atoms with van der Waals surface area (Å²) in [6.07, 6.45) is 12.1. The lowest BCUT2D eigenvalue weighted by Crippen LogP contribution is -1.97. The molecule has 0 aliphatic carbocycles. The Morgan fingerprint density at radius 1 is 1.04 bits per heavy atom. The lowest BCUT2D eigenvalue weighted by atomic mass is 9.92. The van der Waals surface area contributed by atoms with E-state index in [2.05, 4.69) is 58.6 Å². The minimum atomic E-state index is 0.426. The molecule has 0 saturated carbocycles. The van der Waals surface area contributed by atoms with Gasteiger partial charge in [-0.2, -0.15) is 0 Å². The monoisotopic (exact) mass is 340 g/mol. The maximum absolute atomic E-state index is 10.8. The third kappa shape index (κ3) is 7.34. The Hall–Kier alpha value is -1.76. The summed E-state index contributed by atoms with van der Waals surface area (Å²) in [6.45, 7) is 14.7. The highest BCUT2D eigenvalue weighted by atomic mass is 16.3. The zero-order valence-electron chi connectivity index (χ0n) is 16.9. The standard InChI is InChI=1S/C24H36O/c1-7-8-9-13-21-16-17-22(24(25)23(21)19(4)5)15-14-20(6)12-10-11-18(2)3/h11,14,16-17,25H,4,7-10,12-13,15H2,1-3,5-6H3/b20-14+. The van der Waals surface area contributed by atoms with Crippen molar-refractivity contribution in [3.8, 4) is 5.75 Å². The van der Waals surface area contributed by atoms with E-state index in [1.165, 1.54) is 36.0 Å². The van der Waals surface area contributed by atoms with Crippen LogP contribution in [0.5, 0.6) is 5.75 Å². The van der Waals surface area contributed by atoms with Crippen molar-refractivity contribution >= 4 is 5.57 Å². The minimum Gasteiger partial charge on any atom is -0.507 e. The van der Waals surface area contributed by atoms with Crippen molar-refractivity contribution in [2.45, 2.75) is 79.6 Å². The zero-order valence-corrected chi connectivity index (χ0v) is 16.9. The lowest BCUT2D eigenvalue weighted by molar-refractivity contribution is 0.467. The summed E-state index contributed by atoms with van der Waals surface area (Å²) in [6, 6.07) is 4.27. The van der Waals surface area contributed by atoms with Gasteiger partial charge >= 0.3 is 0 Å². The van der Waals surface area contributed by atoms with Gasteiger partial charge in [0.05, 0.1) is 0 Å². The van der Waals surface area contributed by atoms with Crippen molar-refractivity contribution in [3.63, 3.8) is 0 Å². The van der Waals surface area contributed by atoms with Crippen LogP contribution in [-0.2, 0) is 12.8 Å². The molecule has 0 atom stereocenters. The number of aromatic hydroxyl groups is 1. The second-order valence-corrected chi connectivity index (χ2v) is 7.42. The Morgan fingerprint density at radius 2 is 1.72 bits per heavy atom. The maximum Gasteiger partial charge on any atom is 0.126 e. The Bertz CT molecular complexity index is 628. The number of phenols is 1. The van der Waals surface area contributed by atoms with Crippen LogP contribution in [0, 0.1) is 0 Å². The summed E-state index contributed by atoms with van der Waals surface area (Å²) in [5.74, 6) is 0.426. The van der Waals surface area contributed by atoms with Gasteiger partial charge in [0.2, 0.25) is 0 Å². The van der Waals surface area contributed by atoms with E-state index in [0.29, 0.717) is 5.75 Å². The molecule has 0 radical (unpaired) electrons. The fraction of sp³-hybridized carbons (Fsp3) is 0.500. The van der Waals surface area contributed by atoms with Gasteiger partial charge in [-0.25, -0.2) is 0 Å². The number of rotatable bonds is 10. The average Bonchev–Trinajstić information content (AvgIpc) is 2.53. The van der Waals surface area contributed by atoms with E-state index in [9.17, 15) is 5.11 Å². The third-order valence-electron chi connectivity index (χ3n) is 4.59. The Morgan fingerprint density at radius 3 is 2.32 bits per heavy atom. The molecule has 0 fully saturated rings. The van der Waals surface area contributed by atoms with E-state index in [-0.39, 0.29) is 0 Å². The Labute approximate surface area is 155 Å². The molecule has 0 amide bonds. The van der Waals surface area contributed by atoms with Gasteiger partial charge < -0.3 is 5.11 Å². The van der Waals surface area contributed by atoms with E-state index in [1.54, 1.807) is 0 Å². The number of aryl methyl sites for hydroxylation is 1. The Kier molecular flexibility index (Phi) is 9.34. The molecule has 138 valence electrons. The van der Waals surface area contributed by atoms with Crippen molar-refractivity contribution in [1.29, 1.82) is 0 Å². The highest BCUT2D eigenvalue weighted by Crippen LogP contribution is 2.33. The molecule has 1 nitrogen and oxygen atoms in total. The van der Waals surface area contributed by atoms with E-state index in [1.807, 2.05) is 6.92 Å². The normalized spacial score (nSPS) is 11.5. The molecule has 0 spiro atoms. The van der Waals surface area contributed by atoms with Crippen LogP contribution in [0.2, 0.25) is 0 Å². The van der Waals surface area contributed by atoms with Gasteiger partial charge in [0.15, 0.2) is 0 Å². The van der Waals surface area contributed by atoms with Gasteiger partial charge in [0.1, 0.15) is 5.75 Å². The lowest BCUT2D eigenvalue weighted by Gasteiger charge is -2.15. The largest absolute Gasteiger partial charge is 0.507 e. The van der Waals surface area contributed by atoms with Crippen molar-refractivity contribution < 1.29 is 5.11 Å². The molecular weight excluding hydrogens is 304 g/mol. The molecule has 0 bridgehead atoms. The predicted octanol–water partition coefficient (Wildman–Crippen LogP) is 7.39. The fourth-order valence-corrected chi connectivity index (χ4v) is 3.07. The molecule has 0 aliphatic rings. The highest BCUT2D eigenvalue weighted by Gasteiger charge is 2.12. The van der Waals surface area contributed by atoms with E-state index < -0.39 is 0 Å².